The third-order valence-electron chi connectivity index (χ3n) is 3.29. The van der Waals surface area contributed by atoms with Crippen LogP contribution in [0.4, 0.5) is 5.69 Å². The fourth-order valence-electron chi connectivity index (χ4n) is 2.14. The second-order valence-electron chi connectivity index (χ2n) is 5.15. The van der Waals surface area contributed by atoms with E-state index in [9.17, 15) is 9.59 Å². The number of carbonyl (C=O) groups is 2. The first-order valence-corrected chi connectivity index (χ1v) is 8.16. The van der Waals surface area contributed by atoms with Gasteiger partial charge in [0.2, 0.25) is 5.91 Å². The highest BCUT2D eigenvalue weighted by Crippen LogP contribution is 2.15. The third-order valence-corrected chi connectivity index (χ3v) is 3.29. The third kappa shape index (κ3) is 5.84. The molecule has 0 aliphatic carbocycles. The minimum Gasteiger partial charge on any atom is -0.494 e. The Balaban J connectivity index is 1.81. The van der Waals surface area contributed by atoms with Gasteiger partial charge in [-0.1, -0.05) is 0 Å². The van der Waals surface area contributed by atoms with Crippen LogP contribution in [0.5, 0.6) is 11.5 Å². The summed E-state index contributed by atoms with van der Waals surface area (Å²) in [6.45, 7) is 4.84. The molecule has 0 saturated heterocycles. The molecule has 25 heavy (non-hydrogen) atoms. The van der Waals surface area contributed by atoms with Gasteiger partial charge in [-0.25, -0.2) is 0 Å². The van der Waals surface area contributed by atoms with Crippen LogP contribution in [-0.4, -0.2) is 31.6 Å². The standard InChI is InChI=1S/C19H22N2O4/c1-3-24-16-9-5-14(6-10-16)19(23)20-13-18(22)21-15-7-11-17(12-8-15)25-4-2/h5-12H,3-4,13H2,1-2H3,(H,20,23)(H,21,22). The molecule has 2 amide bonds. The Hall–Kier alpha value is -3.02. The molecule has 0 unspecified atom stereocenters. The quantitative estimate of drug-likeness (QED) is 0.773. The Kier molecular flexibility index (Phi) is 6.83. The average Bonchev–Trinajstić information content (AvgIpc) is 2.62. The molecule has 2 aromatic carbocycles. The minimum atomic E-state index is -0.315. The SMILES string of the molecule is CCOc1ccc(NC(=O)CNC(=O)c2ccc(OCC)cc2)cc1. The van der Waals surface area contributed by atoms with E-state index in [0.717, 1.165) is 5.75 Å². The number of hydrogen-bond acceptors (Lipinski definition) is 4. The van der Waals surface area contributed by atoms with Crippen molar-refractivity contribution in [3.63, 3.8) is 0 Å². The lowest BCUT2D eigenvalue weighted by atomic mass is 10.2. The normalized spacial score (nSPS) is 10.0. The Morgan fingerprint density at radius 2 is 1.36 bits per heavy atom. The monoisotopic (exact) mass is 342 g/mol. The largest absolute Gasteiger partial charge is 0.494 e. The van der Waals surface area contributed by atoms with Gasteiger partial charge in [0.25, 0.3) is 5.91 Å². The van der Waals surface area contributed by atoms with Crippen LogP contribution in [0.25, 0.3) is 0 Å². The van der Waals surface area contributed by atoms with Gasteiger partial charge in [-0.15, -0.1) is 0 Å². The van der Waals surface area contributed by atoms with Crippen molar-refractivity contribution in [3.05, 3.63) is 54.1 Å². The molecule has 0 aliphatic heterocycles. The van der Waals surface area contributed by atoms with E-state index in [4.69, 9.17) is 9.47 Å². The predicted octanol–water partition coefficient (Wildman–Crippen LogP) is 2.85. The zero-order chi connectivity index (χ0) is 18.1. The molecule has 132 valence electrons. The molecule has 0 spiro atoms. The maximum Gasteiger partial charge on any atom is 0.251 e. The van der Waals surface area contributed by atoms with E-state index < -0.39 is 0 Å². The van der Waals surface area contributed by atoms with Gasteiger partial charge in [0.1, 0.15) is 11.5 Å². The number of nitrogens with one attached hydrogen (secondary N) is 2. The van der Waals surface area contributed by atoms with Gasteiger partial charge in [0.05, 0.1) is 19.8 Å². The van der Waals surface area contributed by atoms with Gasteiger partial charge in [0.15, 0.2) is 0 Å². The minimum absolute atomic E-state index is 0.112. The Bertz CT molecular complexity index is 696. The molecule has 0 radical (unpaired) electrons. The molecule has 0 bridgehead atoms. The van der Waals surface area contributed by atoms with Crippen LogP contribution in [0, 0.1) is 0 Å². The zero-order valence-corrected chi connectivity index (χ0v) is 14.4. The van der Waals surface area contributed by atoms with Crippen LogP contribution in [0.3, 0.4) is 0 Å². The van der Waals surface area contributed by atoms with Crippen molar-refractivity contribution in [3.8, 4) is 11.5 Å². The molecule has 0 atom stereocenters. The molecule has 0 heterocycles. The molecule has 6 nitrogen and oxygen atoms in total. The van der Waals surface area contributed by atoms with Crippen molar-refractivity contribution in [1.29, 1.82) is 0 Å². The lowest BCUT2D eigenvalue weighted by Crippen LogP contribution is -2.32. The highest BCUT2D eigenvalue weighted by molar-refractivity contribution is 5.99. The molecule has 0 aromatic heterocycles. The topological polar surface area (TPSA) is 76.7 Å². The lowest BCUT2D eigenvalue weighted by molar-refractivity contribution is -0.115. The van der Waals surface area contributed by atoms with E-state index >= 15 is 0 Å². The molecule has 2 rings (SSSR count). The molecule has 0 fully saturated rings. The predicted molar refractivity (Wildman–Crippen MR) is 96.2 cm³/mol. The van der Waals surface area contributed by atoms with Crippen molar-refractivity contribution in [2.45, 2.75) is 13.8 Å². The van der Waals surface area contributed by atoms with Crippen molar-refractivity contribution in [2.24, 2.45) is 0 Å². The second kappa shape index (κ2) is 9.32. The van der Waals surface area contributed by atoms with E-state index in [-0.39, 0.29) is 18.4 Å². The summed E-state index contributed by atoms with van der Waals surface area (Å²) in [4.78, 5) is 24.0. The van der Waals surface area contributed by atoms with Gasteiger partial charge in [-0.05, 0) is 62.4 Å². The Morgan fingerprint density at radius 3 is 1.88 bits per heavy atom. The van der Waals surface area contributed by atoms with Crippen LogP contribution < -0.4 is 20.1 Å². The zero-order valence-electron chi connectivity index (χ0n) is 14.4. The first-order chi connectivity index (χ1) is 12.1. The summed E-state index contributed by atoms with van der Waals surface area (Å²) in [5.41, 5.74) is 1.11. The lowest BCUT2D eigenvalue weighted by Gasteiger charge is -2.09. The van der Waals surface area contributed by atoms with Crippen LogP contribution in [0.2, 0.25) is 0 Å². The summed E-state index contributed by atoms with van der Waals surface area (Å²) >= 11 is 0. The summed E-state index contributed by atoms with van der Waals surface area (Å²) in [7, 11) is 0. The van der Waals surface area contributed by atoms with Crippen molar-refractivity contribution >= 4 is 17.5 Å². The van der Waals surface area contributed by atoms with Crippen LogP contribution >= 0.6 is 0 Å². The first kappa shape index (κ1) is 18.3. The van der Waals surface area contributed by atoms with E-state index in [1.807, 2.05) is 13.8 Å². The van der Waals surface area contributed by atoms with Gasteiger partial charge >= 0.3 is 0 Å². The summed E-state index contributed by atoms with van der Waals surface area (Å²) < 4.78 is 10.7. The molecule has 0 saturated carbocycles. The molecule has 6 heteroatoms. The maximum atomic E-state index is 12.0. The summed E-state index contributed by atoms with van der Waals surface area (Å²) in [6, 6.07) is 13.8. The molecule has 2 N–H and O–H groups in total. The fraction of sp³-hybridized carbons (Fsp3) is 0.263. The van der Waals surface area contributed by atoms with E-state index in [2.05, 4.69) is 10.6 Å². The summed E-state index contributed by atoms with van der Waals surface area (Å²) in [6.07, 6.45) is 0. The van der Waals surface area contributed by atoms with Crippen LogP contribution in [0.1, 0.15) is 24.2 Å². The van der Waals surface area contributed by atoms with Crippen LogP contribution in [0.15, 0.2) is 48.5 Å². The number of hydrogen-bond donors (Lipinski definition) is 2. The first-order valence-electron chi connectivity index (χ1n) is 8.16. The fourth-order valence-corrected chi connectivity index (χ4v) is 2.14. The molecule has 0 aliphatic rings. The number of benzene rings is 2. The Morgan fingerprint density at radius 1 is 0.840 bits per heavy atom. The van der Waals surface area contributed by atoms with Gasteiger partial charge in [-0.2, -0.15) is 0 Å². The van der Waals surface area contributed by atoms with Crippen LogP contribution in [-0.2, 0) is 4.79 Å². The number of carbonyl (C=O) groups excluding carboxylic acids is 2. The summed E-state index contributed by atoms with van der Waals surface area (Å²) in [5, 5.41) is 5.30. The molecular formula is C19H22N2O4. The second-order valence-corrected chi connectivity index (χ2v) is 5.15. The average molecular weight is 342 g/mol. The number of rotatable bonds is 8. The highest BCUT2D eigenvalue weighted by Gasteiger charge is 2.08. The van der Waals surface area contributed by atoms with Gasteiger partial charge < -0.3 is 20.1 Å². The Labute approximate surface area is 147 Å². The number of anilines is 1. The van der Waals surface area contributed by atoms with Crippen molar-refractivity contribution in [1.82, 2.24) is 5.32 Å². The van der Waals surface area contributed by atoms with Crippen molar-refractivity contribution in [2.75, 3.05) is 25.1 Å². The summed E-state index contributed by atoms with van der Waals surface area (Å²) in [5.74, 6) is 0.824. The number of amides is 2. The maximum absolute atomic E-state index is 12.0. The van der Waals surface area contributed by atoms with Gasteiger partial charge in [-0.3, -0.25) is 9.59 Å². The van der Waals surface area contributed by atoms with Crippen molar-refractivity contribution < 1.29 is 19.1 Å². The van der Waals surface area contributed by atoms with Gasteiger partial charge in [0, 0.05) is 11.3 Å². The molecular weight excluding hydrogens is 320 g/mol. The van der Waals surface area contributed by atoms with E-state index in [1.165, 1.54) is 0 Å². The van der Waals surface area contributed by atoms with E-state index in [1.54, 1.807) is 48.5 Å². The highest BCUT2D eigenvalue weighted by atomic mass is 16.5. The number of ether oxygens (including phenoxy) is 2. The molecule has 2 aromatic rings. The van der Waals surface area contributed by atoms with E-state index in [0.29, 0.717) is 30.2 Å². The smallest absolute Gasteiger partial charge is 0.251 e.